The minimum Gasteiger partial charge on any atom is -0.310 e. The van der Waals surface area contributed by atoms with E-state index in [1.807, 2.05) is 6.20 Å². The fourth-order valence-corrected chi connectivity index (χ4v) is 2.14. The number of aromatic nitrogens is 1. The lowest BCUT2D eigenvalue weighted by Crippen LogP contribution is -2.31. The van der Waals surface area contributed by atoms with Gasteiger partial charge in [-0.05, 0) is 50.3 Å². The molecule has 1 aromatic heterocycles. The van der Waals surface area contributed by atoms with Crippen molar-refractivity contribution in [2.24, 2.45) is 5.92 Å². The number of hydrogen-bond acceptors (Lipinski definition) is 2. The molecule has 2 heterocycles. The number of nitrogens with one attached hydrogen (secondary N) is 1. The zero-order valence-electron chi connectivity index (χ0n) is 9.88. The molecule has 0 amide bonds. The van der Waals surface area contributed by atoms with Crippen LogP contribution in [0.1, 0.15) is 42.6 Å². The zero-order valence-corrected chi connectivity index (χ0v) is 9.88. The number of pyridine rings is 1. The van der Waals surface area contributed by atoms with Crippen LogP contribution in [0.5, 0.6) is 0 Å². The molecule has 2 heteroatoms. The molecular weight excluding hydrogens is 184 g/mol. The van der Waals surface area contributed by atoms with E-state index in [-0.39, 0.29) is 0 Å². The highest BCUT2D eigenvalue weighted by Gasteiger charge is 2.19. The number of hydrogen-bond donors (Lipinski definition) is 1. The number of nitrogens with zero attached hydrogens (tertiary/aromatic N) is 1. The smallest absolute Gasteiger partial charge is 0.0402 e. The van der Waals surface area contributed by atoms with E-state index in [1.165, 1.54) is 24.0 Å². The number of piperidine rings is 1. The van der Waals surface area contributed by atoms with E-state index in [0.717, 1.165) is 18.2 Å². The van der Waals surface area contributed by atoms with Gasteiger partial charge in [-0.25, -0.2) is 0 Å². The predicted octanol–water partition coefficient (Wildman–Crippen LogP) is 2.76. The van der Waals surface area contributed by atoms with Crippen LogP contribution in [0.15, 0.2) is 12.3 Å². The Kier molecular flexibility index (Phi) is 3.06. The van der Waals surface area contributed by atoms with Gasteiger partial charge in [0, 0.05) is 17.9 Å². The lowest BCUT2D eigenvalue weighted by Gasteiger charge is -2.28. The van der Waals surface area contributed by atoms with Gasteiger partial charge in [-0.1, -0.05) is 13.0 Å². The maximum absolute atomic E-state index is 4.43. The minimum absolute atomic E-state index is 0.521. The lowest BCUT2D eigenvalue weighted by molar-refractivity contribution is 0.332. The third-order valence-corrected chi connectivity index (χ3v) is 3.42. The Hall–Kier alpha value is -0.890. The first kappa shape index (κ1) is 10.6. The lowest BCUT2D eigenvalue weighted by atomic mass is 9.92. The van der Waals surface area contributed by atoms with Gasteiger partial charge in [0.1, 0.15) is 0 Å². The molecule has 15 heavy (non-hydrogen) atoms. The van der Waals surface area contributed by atoms with Crippen LogP contribution >= 0.6 is 0 Å². The van der Waals surface area contributed by atoms with E-state index in [1.54, 1.807) is 0 Å². The summed E-state index contributed by atoms with van der Waals surface area (Å²) in [6.45, 7) is 7.65. The van der Waals surface area contributed by atoms with E-state index in [0.29, 0.717) is 6.04 Å². The summed E-state index contributed by atoms with van der Waals surface area (Å²) < 4.78 is 0. The Morgan fingerprint density at radius 3 is 2.73 bits per heavy atom. The molecule has 0 aromatic carbocycles. The standard InChI is InChI=1S/C13H20N2/c1-9-4-5-13(15-7-9)12-6-10(2)11(3)14-8-12/h6,8-9,13,15H,4-5,7H2,1-3H3. The summed E-state index contributed by atoms with van der Waals surface area (Å²) in [5.41, 5.74) is 3.79. The molecule has 1 aliphatic heterocycles. The second-order valence-electron chi connectivity index (χ2n) is 4.81. The second-order valence-corrected chi connectivity index (χ2v) is 4.81. The van der Waals surface area contributed by atoms with Gasteiger partial charge in [-0.3, -0.25) is 4.98 Å². The van der Waals surface area contributed by atoms with Crippen molar-refractivity contribution in [3.63, 3.8) is 0 Å². The van der Waals surface area contributed by atoms with Crippen LogP contribution in [-0.4, -0.2) is 11.5 Å². The Labute approximate surface area is 92.1 Å². The highest BCUT2D eigenvalue weighted by molar-refractivity contribution is 5.25. The average molecular weight is 204 g/mol. The van der Waals surface area contributed by atoms with Gasteiger partial charge in [-0.15, -0.1) is 0 Å². The van der Waals surface area contributed by atoms with Crippen molar-refractivity contribution in [2.45, 2.75) is 39.7 Å². The first-order valence-corrected chi connectivity index (χ1v) is 5.83. The van der Waals surface area contributed by atoms with E-state index in [9.17, 15) is 0 Å². The molecule has 1 aromatic rings. The summed E-state index contributed by atoms with van der Waals surface area (Å²) >= 11 is 0. The van der Waals surface area contributed by atoms with Crippen LogP contribution in [0, 0.1) is 19.8 Å². The third-order valence-electron chi connectivity index (χ3n) is 3.42. The van der Waals surface area contributed by atoms with E-state index < -0.39 is 0 Å². The molecule has 1 aliphatic rings. The van der Waals surface area contributed by atoms with Crippen molar-refractivity contribution in [1.82, 2.24) is 10.3 Å². The molecule has 2 unspecified atom stereocenters. The highest BCUT2D eigenvalue weighted by atomic mass is 14.9. The SMILES string of the molecule is Cc1cc(C2CCC(C)CN2)cnc1C. The van der Waals surface area contributed by atoms with Gasteiger partial charge < -0.3 is 5.32 Å². The van der Waals surface area contributed by atoms with Crippen molar-refractivity contribution < 1.29 is 0 Å². The molecule has 0 spiro atoms. The molecule has 2 rings (SSSR count). The summed E-state index contributed by atoms with van der Waals surface area (Å²) in [6.07, 6.45) is 4.59. The van der Waals surface area contributed by atoms with Crippen LogP contribution in [0.2, 0.25) is 0 Å². The molecule has 1 N–H and O–H groups in total. The second kappa shape index (κ2) is 4.31. The monoisotopic (exact) mass is 204 g/mol. The fourth-order valence-electron chi connectivity index (χ4n) is 2.14. The first-order valence-electron chi connectivity index (χ1n) is 5.83. The molecule has 0 aliphatic carbocycles. The zero-order chi connectivity index (χ0) is 10.8. The van der Waals surface area contributed by atoms with Gasteiger partial charge in [0.25, 0.3) is 0 Å². The van der Waals surface area contributed by atoms with Gasteiger partial charge in [0.05, 0.1) is 0 Å². The quantitative estimate of drug-likeness (QED) is 0.761. The summed E-state index contributed by atoms with van der Waals surface area (Å²) in [6, 6.07) is 2.80. The van der Waals surface area contributed by atoms with E-state index >= 15 is 0 Å². The van der Waals surface area contributed by atoms with Crippen LogP contribution in [0.4, 0.5) is 0 Å². The van der Waals surface area contributed by atoms with Gasteiger partial charge in [0.15, 0.2) is 0 Å². The Morgan fingerprint density at radius 1 is 1.33 bits per heavy atom. The highest BCUT2D eigenvalue weighted by Crippen LogP contribution is 2.25. The van der Waals surface area contributed by atoms with Crippen LogP contribution < -0.4 is 5.32 Å². The van der Waals surface area contributed by atoms with Crippen molar-refractivity contribution in [2.75, 3.05) is 6.54 Å². The molecular formula is C13H20N2. The summed E-state index contributed by atoms with van der Waals surface area (Å²) in [7, 11) is 0. The Balaban J connectivity index is 2.12. The molecule has 0 radical (unpaired) electrons. The molecule has 82 valence electrons. The Morgan fingerprint density at radius 2 is 2.13 bits per heavy atom. The predicted molar refractivity (Wildman–Crippen MR) is 62.9 cm³/mol. The fraction of sp³-hybridized carbons (Fsp3) is 0.615. The normalized spacial score (nSPS) is 26.6. The van der Waals surface area contributed by atoms with Crippen molar-refractivity contribution in [1.29, 1.82) is 0 Å². The van der Waals surface area contributed by atoms with Crippen LogP contribution in [-0.2, 0) is 0 Å². The number of aryl methyl sites for hydroxylation is 2. The number of rotatable bonds is 1. The summed E-state index contributed by atoms with van der Waals surface area (Å²) in [4.78, 5) is 4.43. The maximum atomic E-state index is 4.43. The summed E-state index contributed by atoms with van der Waals surface area (Å²) in [5.74, 6) is 0.820. The molecule has 0 saturated carbocycles. The average Bonchev–Trinajstić information content (AvgIpc) is 2.23. The van der Waals surface area contributed by atoms with Crippen LogP contribution in [0.3, 0.4) is 0 Å². The topological polar surface area (TPSA) is 24.9 Å². The van der Waals surface area contributed by atoms with E-state index in [2.05, 4.69) is 37.1 Å². The van der Waals surface area contributed by atoms with Gasteiger partial charge >= 0.3 is 0 Å². The van der Waals surface area contributed by atoms with Crippen LogP contribution in [0.25, 0.3) is 0 Å². The largest absolute Gasteiger partial charge is 0.310 e. The molecule has 2 atom stereocenters. The van der Waals surface area contributed by atoms with Crippen molar-refractivity contribution in [3.8, 4) is 0 Å². The van der Waals surface area contributed by atoms with E-state index in [4.69, 9.17) is 0 Å². The third kappa shape index (κ3) is 2.37. The molecule has 1 saturated heterocycles. The summed E-state index contributed by atoms with van der Waals surface area (Å²) in [5, 5.41) is 3.59. The van der Waals surface area contributed by atoms with Crippen molar-refractivity contribution >= 4 is 0 Å². The van der Waals surface area contributed by atoms with Gasteiger partial charge in [0.2, 0.25) is 0 Å². The minimum atomic E-state index is 0.521. The molecule has 0 bridgehead atoms. The van der Waals surface area contributed by atoms with Crippen molar-refractivity contribution in [3.05, 3.63) is 29.1 Å². The Bertz CT molecular complexity index is 338. The maximum Gasteiger partial charge on any atom is 0.0402 e. The first-order chi connectivity index (χ1) is 7.16. The molecule has 1 fully saturated rings. The van der Waals surface area contributed by atoms with Gasteiger partial charge in [-0.2, -0.15) is 0 Å². The molecule has 2 nitrogen and oxygen atoms in total.